The van der Waals surface area contributed by atoms with Crippen LogP contribution in [-0.4, -0.2) is 44.2 Å². The molecule has 0 spiro atoms. The zero-order chi connectivity index (χ0) is 12.8. The van der Waals surface area contributed by atoms with Gasteiger partial charge in [-0.3, -0.25) is 0 Å². The van der Waals surface area contributed by atoms with Crippen LogP contribution < -0.4 is 10.1 Å². The minimum atomic E-state index is -0.225. The second-order valence-electron chi connectivity index (χ2n) is 4.73. The normalized spacial score (nSPS) is 20.2. The van der Waals surface area contributed by atoms with E-state index in [1.807, 2.05) is 7.05 Å². The number of hydrogen-bond acceptors (Lipinski definition) is 3. The van der Waals surface area contributed by atoms with Gasteiger partial charge in [0.1, 0.15) is 11.6 Å². The Kier molecular flexibility index (Phi) is 4.96. The van der Waals surface area contributed by atoms with E-state index in [-0.39, 0.29) is 5.82 Å². The second-order valence-corrected chi connectivity index (χ2v) is 4.73. The third-order valence-electron chi connectivity index (χ3n) is 3.38. The molecule has 1 aliphatic rings. The molecule has 18 heavy (non-hydrogen) atoms. The Hall–Kier alpha value is -1.13. The van der Waals surface area contributed by atoms with Gasteiger partial charge in [0.2, 0.25) is 0 Å². The van der Waals surface area contributed by atoms with E-state index in [0.717, 1.165) is 25.3 Å². The van der Waals surface area contributed by atoms with Crippen LogP contribution in [0.5, 0.6) is 5.75 Å². The number of nitrogens with zero attached hydrogens (tertiary/aromatic N) is 1. The molecule has 100 valence electrons. The van der Waals surface area contributed by atoms with Crippen molar-refractivity contribution >= 4 is 0 Å². The first-order valence-corrected chi connectivity index (χ1v) is 6.56. The predicted molar refractivity (Wildman–Crippen MR) is 70.4 cm³/mol. The fourth-order valence-corrected chi connectivity index (χ4v) is 2.28. The van der Waals surface area contributed by atoms with Gasteiger partial charge in [-0.15, -0.1) is 0 Å². The van der Waals surface area contributed by atoms with Crippen LogP contribution in [0.2, 0.25) is 0 Å². The first kappa shape index (κ1) is 13.3. The van der Waals surface area contributed by atoms with Crippen molar-refractivity contribution in [2.24, 2.45) is 0 Å². The first-order valence-electron chi connectivity index (χ1n) is 6.56. The van der Waals surface area contributed by atoms with Gasteiger partial charge in [-0.05, 0) is 50.7 Å². The van der Waals surface area contributed by atoms with Crippen molar-refractivity contribution < 1.29 is 9.13 Å². The van der Waals surface area contributed by atoms with Gasteiger partial charge in [0.25, 0.3) is 0 Å². The van der Waals surface area contributed by atoms with Crippen molar-refractivity contribution in [3.05, 3.63) is 30.1 Å². The number of likely N-dealkylation sites (N-methyl/N-ethyl adjacent to an activating group) is 1. The minimum Gasteiger partial charge on any atom is -0.494 e. The van der Waals surface area contributed by atoms with Crippen molar-refractivity contribution in [1.29, 1.82) is 0 Å². The number of hydrogen-bond donors (Lipinski definition) is 1. The Morgan fingerprint density at radius 3 is 2.83 bits per heavy atom. The topological polar surface area (TPSA) is 24.5 Å². The second kappa shape index (κ2) is 6.71. The lowest BCUT2D eigenvalue weighted by Gasteiger charge is -2.15. The molecule has 1 unspecified atom stereocenters. The largest absolute Gasteiger partial charge is 0.494 e. The standard InChI is InChI=1S/C14H21FN2O/c1-16-13-7-9-17(11-13)8-2-10-18-14-5-3-12(15)4-6-14/h3-6,13,16H,2,7-11H2,1H3. The van der Waals surface area contributed by atoms with E-state index in [1.54, 1.807) is 12.1 Å². The summed E-state index contributed by atoms with van der Waals surface area (Å²) in [7, 11) is 2.02. The van der Waals surface area contributed by atoms with Gasteiger partial charge < -0.3 is 15.0 Å². The lowest BCUT2D eigenvalue weighted by atomic mass is 10.3. The number of ether oxygens (including phenoxy) is 1. The highest BCUT2D eigenvalue weighted by molar-refractivity contribution is 5.21. The van der Waals surface area contributed by atoms with E-state index < -0.39 is 0 Å². The summed E-state index contributed by atoms with van der Waals surface area (Å²) in [5, 5.41) is 3.31. The lowest BCUT2D eigenvalue weighted by molar-refractivity contribution is 0.260. The summed E-state index contributed by atoms with van der Waals surface area (Å²) in [6.07, 6.45) is 2.24. The summed E-state index contributed by atoms with van der Waals surface area (Å²) in [4.78, 5) is 2.45. The zero-order valence-electron chi connectivity index (χ0n) is 10.9. The van der Waals surface area contributed by atoms with Gasteiger partial charge in [-0.25, -0.2) is 4.39 Å². The molecule has 1 fully saturated rings. The number of rotatable bonds is 6. The highest BCUT2D eigenvalue weighted by Crippen LogP contribution is 2.12. The number of benzene rings is 1. The van der Waals surface area contributed by atoms with E-state index in [9.17, 15) is 4.39 Å². The number of likely N-dealkylation sites (tertiary alicyclic amines) is 1. The molecule has 1 N–H and O–H groups in total. The fourth-order valence-electron chi connectivity index (χ4n) is 2.28. The van der Waals surface area contributed by atoms with E-state index in [1.165, 1.54) is 25.1 Å². The molecule has 4 heteroatoms. The van der Waals surface area contributed by atoms with E-state index in [0.29, 0.717) is 12.6 Å². The Morgan fingerprint density at radius 1 is 1.39 bits per heavy atom. The molecule has 0 saturated carbocycles. The fraction of sp³-hybridized carbons (Fsp3) is 0.571. The van der Waals surface area contributed by atoms with Crippen LogP contribution in [0.3, 0.4) is 0 Å². The maximum absolute atomic E-state index is 12.7. The zero-order valence-corrected chi connectivity index (χ0v) is 10.9. The van der Waals surface area contributed by atoms with Gasteiger partial charge in [-0.1, -0.05) is 0 Å². The Bertz CT molecular complexity index is 355. The highest BCUT2D eigenvalue weighted by Gasteiger charge is 2.19. The molecule has 0 aromatic heterocycles. The minimum absolute atomic E-state index is 0.225. The average molecular weight is 252 g/mol. The van der Waals surface area contributed by atoms with E-state index in [4.69, 9.17) is 4.74 Å². The van der Waals surface area contributed by atoms with Crippen molar-refractivity contribution in [1.82, 2.24) is 10.2 Å². The summed E-state index contributed by atoms with van der Waals surface area (Å²) in [6.45, 7) is 4.06. The summed E-state index contributed by atoms with van der Waals surface area (Å²) >= 11 is 0. The van der Waals surface area contributed by atoms with Crippen LogP contribution in [0.25, 0.3) is 0 Å². The van der Waals surface area contributed by atoms with Crippen LogP contribution in [0.15, 0.2) is 24.3 Å². The predicted octanol–water partition coefficient (Wildman–Crippen LogP) is 1.89. The quantitative estimate of drug-likeness (QED) is 0.782. The van der Waals surface area contributed by atoms with Crippen LogP contribution in [0, 0.1) is 5.82 Å². The van der Waals surface area contributed by atoms with Crippen LogP contribution in [0.1, 0.15) is 12.8 Å². The highest BCUT2D eigenvalue weighted by atomic mass is 19.1. The van der Waals surface area contributed by atoms with Crippen LogP contribution >= 0.6 is 0 Å². The molecule has 1 aromatic carbocycles. The number of nitrogens with one attached hydrogen (secondary N) is 1. The Balaban J connectivity index is 1.60. The third-order valence-corrected chi connectivity index (χ3v) is 3.38. The van der Waals surface area contributed by atoms with Gasteiger partial charge in [0, 0.05) is 19.1 Å². The first-order chi connectivity index (χ1) is 8.78. The van der Waals surface area contributed by atoms with Gasteiger partial charge in [0.15, 0.2) is 0 Å². The molecular weight excluding hydrogens is 231 g/mol. The van der Waals surface area contributed by atoms with Crippen molar-refractivity contribution in [2.45, 2.75) is 18.9 Å². The van der Waals surface area contributed by atoms with Crippen molar-refractivity contribution in [2.75, 3.05) is 33.3 Å². The number of halogens is 1. The van der Waals surface area contributed by atoms with E-state index >= 15 is 0 Å². The summed E-state index contributed by atoms with van der Waals surface area (Å²) in [6, 6.07) is 6.83. The Labute approximate surface area is 108 Å². The molecule has 0 aliphatic carbocycles. The lowest BCUT2D eigenvalue weighted by Crippen LogP contribution is -2.30. The molecule has 1 saturated heterocycles. The molecular formula is C14H21FN2O. The summed E-state index contributed by atoms with van der Waals surface area (Å²) in [5.41, 5.74) is 0. The smallest absolute Gasteiger partial charge is 0.123 e. The summed E-state index contributed by atoms with van der Waals surface area (Å²) in [5.74, 6) is 0.517. The molecule has 3 nitrogen and oxygen atoms in total. The SMILES string of the molecule is CNC1CCN(CCCOc2ccc(F)cc2)C1. The molecule has 1 heterocycles. The van der Waals surface area contributed by atoms with Crippen LogP contribution in [0.4, 0.5) is 4.39 Å². The van der Waals surface area contributed by atoms with Crippen molar-refractivity contribution in [3.63, 3.8) is 0 Å². The van der Waals surface area contributed by atoms with Crippen molar-refractivity contribution in [3.8, 4) is 5.75 Å². The average Bonchev–Trinajstić information content (AvgIpc) is 2.85. The Morgan fingerprint density at radius 2 is 2.17 bits per heavy atom. The summed E-state index contributed by atoms with van der Waals surface area (Å²) < 4.78 is 18.2. The third kappa shape index (κ3) is 3.96. The molecule has 0 radical (unpaired) electrons. The molecule has 0 bridgehead atoms. The van der Waals surface area contributed by atoms with Crippen LogP contribution in [-0.2, 0) is 0 Å². The molecule has 2 rings (SSSR count). The van der Waals surface area contributed by atoms with E-state index in [2.05, 4.69) is 10.2 Å². The molecule has 1 aliphatic heterocycles. The maximum atomic E-state index is 12.7. The molecule has 1 atom stereocenters. The molecule has 0 amide bonds. The van der Waals surface area contributed by atoms with Gasteiger partial charge in [-0.2, -0.15) is 0 Å². The monoisotopic (exact) mass is 252 g/mol. The molecule has 1 aromatic rings. The maximum Gasteiger partial charge on any atom is 0.123 e. The van der Waals surface area contributed by atoms with Gasteiger partial charge in [0.05, 0.1) is 6.61 Å². The van der Waals surface area contributed by atoms with Gasteiger partial charge >= 0.3 is 0 Å².